The van der Waals surface area contributed by atoms with E-state index >= 15 is 0 Å². The number of hydrogen-bond donors (Lipinski definition) is 0. The second-order valence-corrected chi connectivity index (χ2v) is 5.24. The second kappa shape index (κ2) is 5.01. The molecule has 18 heavy (non-hydrogen) atoms. The van der Waals surface area contributed by atoms with Crippen LogP contribution in [0.4, 0.5) is 5.69 Å². The molecule has 96 valence electrons. The van der Waals surface area contributed by atoms with E-state index in [2.05, 4.69) is 29.2 Å². The quantitative estimate of drug-likeness (QED) is 0.815. The first-order valence-corrected chi connectivity index (χ1v) is 6.95. The first-order chi connectivity index (χ1) is 8.84. The fourth-order valence-corrected chi connectivity index (χ4v) is 2.99. The Bertz CT molecular complexity index is 438. The molecule has 3 rings (SSSR count). The van der Waals surface area contributed by atoms with Gasteiger partial charge >= 0.3 is 0 Å². The first kappa shape index (κ1) is 11.6. The van der Waals surface area contributed by atoms with E-state index in [1.807, 2.05) is 4.90 Å². The Balaban J connectivity index is 1.80. The van der Waals surface area contributed by atoms with Crippen molar-refractivity contribution in [3.05, 3.63) is 29.8 Å². The molecule has 1 aromatic carbocycles. The minimum Gasteiger partial charge on any atom is -0.371 e. The van der Waals surface area contributed by atoms with Gasteiger partial charge in [0.25, 0.3) is 0 Å². The Hall–Kier alpha value is -1.51. The molecule has 2 saturated heterocycles. The highest BCUT2D eigenvalue weighted by Crippen LogP contribution is 2.26. The molecular weight excluding hydrogens is 224 g/mol. The molecule has 2 fully saturated rings. The summed E-state index contributed by atoms with van der Waals surface area (Å²) in [6, 6.07) is 8.54. The van der Waals surface area contributed by atoms with Crippen LogP contribution in [0.25, 0.3) is 0 Å². The minimum atomic E-state index is 0.311. The molecular formula is C15H20N2O. The lowest BCUT2D eigenvalue weighted by Crippen LogP contribution is -2.26. The lowest BCUT2D eigenvalue weighted by Gasteiger charge is -2.24. The molecule has 0 unspecified atom stereocenters. The molecule has 3 nitrogen and oxygen atoms in total. The summed E-state index contributed by atoms with van der Waals surface area (Å²) in [5.74, 6) is 0.311. The van der Waals surface area contributed by atoms with E-state index < -0.39 is 0 Å². The number of hydrogen-bond acceptors (Lipinski definition) is 2. The zero-order valence-corrected chi connectivity index (χ0v) is 10.8. The summed E-state index contributed by atoms with van der Waals surface area (Å²) in [7, 11) is 0. The summed E-state index contributed by atoms with van der Waals surface area (Å²) in [6.07, 6.45) is 4.32. The van der Waals surface area contributed by atoms with Gasteiger partial charge in [-0.3, -0.25) is 4.79 Å². The van der Waals surface area contributed by atoms with Crippen molar-refractivity contribution >= 4 is 11.6 Å². The van der Waals surface area contributed by atoms with Gasteiger partial charge in [0.2, 0.25) is 5.91 Å². The second-order valence-electron chi connectivity index (χ2n) is 5.24. The maximum atomic E-state index is 11.7. The van der Waals surface area contributed by atoms with E-state index in [-0.39, 0.29) is 0 Å². The fraction of sp³-hybridized carbons (Fsp3) is 0.533. The zero-order chi connectivity index (χ0) is 12.4. The Morgan fingerprint density at radius 3 is 2.50 bits per heavy atom. The molecule has 0 atom stereocenters. The van der Waals surface area contributed by atoms with Gasteiger partial charge in [-0.25, -0.2) is 0 Å². The summed E-state index contributed by atoms with van der Waals surface area (Å²) >= 11 is 0. The predicted octanol–water partition coefficient (Wildman–Crippen LogP) is 2.41. The lowest BCUT2D eigenvalue weighted by atomic mass is 10.1. The van der Waals surface area contributed by atoms with Gasteiger partial charge < -0.3 is 9.80 Å². The molecule has 1 aromatic rings. The summed E-state index contributed by atoms with van der Waals surface area (Å²) in [6.45, 7) is 4.02. The molecule has 0 aromatic heterocycles. The van der Waals surface area contributed by atoms with Crippen molar-refractivity contribution in [2.24, 2.45) is 0 Å². The van der Waals surface area contributed by atoms with Crippen LogP contribution in [-0.2, 0) is 11.3 Å². The van der Waals surface area contributed by atoms with Gasteiger partial charge in [0.15, 0.2) is 0 Å². The van der Waals surface area contributed by atoms with Gasteiger partial charge in [-0.05, 0) is 30.9 Å². The molecule has 0 radical (unpaired) electrons. The Kier molecular flexibility index (Phi) is 3.22. The monoisotopic (exact) mass is 244 g/mol. The molecule has 0 spiro atoms. The molecule has 0 saturated carbocycles. The molecule has 2 aliphatic heterocycles. The third-order valence-corrected chi connectivity index (χ3v) is 3.97. The number of amides is 1. The maximum Gasteiger partial charge on any atom is 0.222 e. The third-order valence-electron chi connectivity index (χ3n) is 3.97. The van der Waals surface area contributed by atoms with Crippen molar-refractivity contribution in [2.75, 3.05) is 24.5 Å². The Morgan fingerprint density at radius 1 is 1.00 bits per heavy atom. The molecule has 0 bridgehead atoms. The van der Waals surface area contributed by atoms with E-state index in [0.29, 0.717) is 5.91 Å². The smallest absolute Gasteiger partial charge is 0.222 e. The summed E-state index contributed by atoms with van der Waals surface area (Å²) in [4.78, 5) is 16.2. The molecule has 0 aliphatic carbocycles. The predicted molar refractivity (Wildman–Crippen MR) is 72.5 cm³/mol. The van der Waals surface area contributed by atoms with E-state index in [1.54, 1.807) is 0 Å². The van der Waals surface area contributed by atoms with Crippen LogP contribution >= 0.6 is 0 Å². The van der Waals surface area contributed by atoms with E-state index in [1.165, 1.54) is 24.1 Å². The van der Waals surface area contributed by atoms with Gasteiger partial charge in [0.05, 0.1) is 0 Å². The first-order valence-electron chi connectivity index (χ1n) is 6.95. The average molecular weight is 244 g/mol. The molecule has 0 N–H and O–H groups in total. The van der Waals surface area contributed by atoms with Crippen LogP contribution in [0.15, 0.2) is 24.3 Å². The summed E-state index contributed by atoms with van der Waals surface area (Å²) in [5, 5.41) is 0. The number of rotatable bonds is 3. The van der Waals surface area contributed by atoms with Crippen molar-refractivity contribution in [2.45, 2.75) is 32.2 Å². The number of para-hydroxylation sites is 1. The molecule has 1 amide bonds. The van der Waals surface area contributed by atoms with Crippen molar-refractivity contribution in [1.29, 1.82) is 0 Å². The number of carbonyl (C=O) groups is 1. The molecule has 2 heterocycles. The standard InChI is InChI=1S/C15H20N2O/c18-15-8-5-11-17(15)12-13-6-1-2-7-14(13)16-9-3-4-10-16/h1-2,6-7H,3-5,8-12H2. The number of nitrogens with zero attached hydrogens (tertiary/aromatic N) is 2. The molecule has 3 heteroatoms. The zero-order valence-electron chi connectivity index (χ0n) is 10.8. The SMILES string of the molecule is O=C1CCCN1Cc1ccccc1N1CCCC1. The van der Waals surface area contributed by atoms with Gasteiger partial charge in [0.1, 0.15) is 0 Å². The van der Waals surface area contributed by atoms with E-state index in [4.69, 9.17) is 0 Å². The van der Waals surface area contributed by atoms with Crippen LogP contribution in [0.1, 0.15) is 31.2 Å². The van der Waals surface area contributed by atoms with E-state index in [9.17, 15) is 4.79 Å². The fourth-order valence-electron chi connectivity index (χ4n) is 2.99. The van der Waals surface area contributed by atoms with Crippen LogP contribution in [-0.4, -0.2) is 30.4 Å². The van der Waals surface area contributed by atoms with Crippen LogP contribution in [0.3, 0.4) is 0 Å². The highest BCUT2D eigenvalue weighted by molar-refractivity contribution is 5.78. The van der Waals surface area contributed by atoms with Gasteiger partial charge in [-0.2, -0.15) is 0 Å². The highest BCUT2D eigenvalue weighted by atomic mass is 16.2. The largest absolute Gasteiger partial charge is 0.371 e. The highest BCUT2D eigenvalue weighted by Gasteiger charge is 2.22. The van der Waals surface area contributed by atoms with Crippen LogP contribution in [0.2, 0.25) is 0 Å². The summed E-state index contributed by atoms with van der Waals surface area (Å²) < 4.78 is 0. The van der Waals surface area contributed by atoms with Crippen LogP contribution in [0.5, 0.6) is 0 Å². The van der Waals surface area contributed by atoms with Gasteiger partial charge in [-0.1, -0.05) is 18.2 Å². The Morgan fingerprint density at radius 2 is 1.78 bits per heavy atom. The molecule has 2 aliphatic rings. The van der Waals surface area contributed by atoms with Crippen LogP contribution < -0.4 is 4.90 Å². The topological polar surface area (TPSA) is 23.6 Å². The van der Waals surface area contributed by atoms with Gasteiger partial charge in [-0.15, -0.1) is 0 Å². The van der Waals surface area contributed by atoms with Crippen molar-refractivity contribution < 1.29 is 4.79 Å². The summed E-state index contributed by atoms with van der Waals surface area (Å²) in [5.41, 5.74) is 2.63. The normalized spacial score (nSPS) is 19.9. The van der Waals surface area contributed by atoms with Crippen molar-refractivity contribution in [1.82, 2.24) is 4.90 Å². The van der Waals surface area contributed by atoms with Crippen LogP contribution in [0, 0.1) is 0 Å². The lowest BCUT2D eigenvalue weighted by molar-refractivity contribution is -0.128. The number of anilines is 1. The average Bonchev–Trinajstić information content (AvgIpc) is 3.03. The number of carbonyl (C=O) groups excluding carboxylic acids is 1. The minimum absolute atomic E-state index is 0.311. The van der Waals surface area contributed by atoms with Gasteiger partial charge in [0, 0.05) is 38.3 Å². The number of benzene rings is 1. The Labute approximate surface area is 108 Å². The third kappa shape index (κ3) is 2.22. The van der Waals surface area contributed by atoms with Crippen molar-refractivity contribution in [3.8, 4) is 0 Å². The van der Waals surface area contributed by atoms with E-state index in [0.717, 1.165) is 39.0 Å². The van der Waals surface area contributed by atoms with Crippen molar-refractivity contribution in [3.63, 3.8) is 0 Å². The number of likely N-dealkylation sites (tertiary alicyclic amines) is 1. The maximum absolute atomic E-state index is 11.7.